The van der Waals surface area contributed by atoms with Crippen molar-refractivity contribution in [3.8, 4) is 0 Å². The number of carbonyl (C=O) groups is 2. The minimum Gasteiger partial charge on any atom is -0.361 e. The van der Waals surface area contributed by atoms with Crippen LogP contribution in [0.25, 0.3) is 0 Å². The van der Waals surface area contributed by atoms with Crippen molar-refractivity contribution in [1.82, 2.24) is 4.90 Å². The number of hydrogen-bond acceptors (Lipinski definition) is 2. The maximum absolute atomic E-state index is 11.3. The van der Waals surface area contributed by atoms with Gasteiger partial charge in [0.15, 0.2) is 0 Å². The first kappa shape index (κ1) is 11.0. The average molecular weight is 198 g/mol. The molecule has 2 N–H and O–H groups in total. The van der Waals surface area contributed by atoms with E-state index in [-0.39, 0.29) is 5.41 Å². The predicted octanol–water partition coefficient (Wildman–Crippen LogP) is 0.366. The maximum Gasteiger partial charge on any atom is 0.311 e. The van der Waals surface area contributed by atoms with Crippen molar-refractivity contribution in [3.63, 3.8) is 0 Å². The largest absolute Gasteiger partial charge is 0.361 e. The Labute approximate surface area is 84.4 Å². The zero-order valence-electron chi connectivity index (χ0n) is 9.04. The van der Waals surface area contributed by atoms with Gasteiger partial charge in [-0.2, -0.15) is 0 Å². The molecule has 0 aliphatic carbocycles. The molecule has 1 aliphatic rings. The zero-order valence-corrected chi connectivity index (χ0v) is 9.04. The lowest BCUT2D eigenvalue weighted by atomic mass is 9.75. The Morgan fingerprint density at radius 1 is 1.43 bits per heavy atom. The third-order valence-corrected chi connectivity index (χ3v) is 3.26. The van der Waals surface area contributed by atoms with Crippen molar-refractivity contribution < 1.29 is 9.59 Å². The number of hydrogen-bond donors (Lipinski definition) is 1. The maximum atomic E-state index is 11.3. The molecule has 0 aromatic heterocycles. The summed E-state index contributed by atoms with van der Waals surface area (Å²) in [6.45, 7) is 7.66. The first-order valence-electron chi connectivity index (χ1n) is 4.93. The predicted molar refractivity (Wildman–Crippen MR) is 53.3 cm³/mol. The molecule has 14 heavy (non-hydrogen) atoms. The van der Waals surface area contributed by atoms with E-state index < -0.39 is 11.8 Å². The van der Waals surface area contributed by atoms with Crippen LogP contribution in [0.2, 0.25) is 0 Å². The quantitative estimate of drug-likeness (QED) is 0.571. The van der Waals surface area contributed by atoms with Crippen LogP contribution in [0.4, 0.5) is 0 Å². The van der Waals surface area contributed by atoms with Crippen LogP contribution >= 0.6 is 0 Å². The Kier molecular flexibility index (Phi) is 2.83. The van der Waals surface area contributed by atoms with Crippen LogP contribution in [0.5, 0.6) is 0 Å². The fraction of sp³-hybridized carbons (Fsp3) is 0.800. The van der Waals surface area contributed by atoms with Crippen molar-refractivity contribution in [1.29, 1.82) is 0 Å². The van der Waals surface area contributed by atoms with Gasteiger partial charge in [0.2, 0.25) is 0 Å². The van der Waals surface area contributed by atoms with Gasteiger partial charge in [0.1, 0.15) is 0 Å². The molecule has 0 aromatic rings. The highest BCUT2D eigenvalue weighted by Crippen LogP contribution is 2.34. The Hall–Kier alpha value is -1.06. The van der Waals surface area contributed by atoms with Crippen molar-refractivity contribution in [2.45, 2.75) is 27.2 Å². The van der Waals surface area contributed by atoms with E-state index in [1.54, 1.807) is 4.90 Å². The van der Waals surface area contributed by atoms with E-state index in [2.05, 4.69) is 20.8 Å². The SMILES string of the molecule is CC1CCN(C(=O)C(N)=O)CC1(C)C. The molecule has 2 amide bonds. The lowest BCUT2D eigenvalue weighted by Gasteiger charge is -2.42. The molecule has 4 nitrogen and oxygen atoms in total. The number of rotatable bonds is 0. The molecule has 4 heteroatoms. The van der Waals surface area contributed by atoms with E-state index in [1.165, 1.54) is 0 Å². The molecule has 1 saturated heterocycles. The molecule has 1 rings (SSSR count). The van der Waals surface area contributed by atoms with Gasteiger partial charge in [0, 0.05) is 13.1 Å². The minimum absolute atomic E-state index is 0.0728. The average Bonchev–Trinajstić information content (AvgIpc) is 2.08. The van der Waals surface area contributed by atoms with E-state index in [0.717, 1.165) is 6.42 Å². The molecular formula is C10H18N2O2. The minimum atomic E-state index is -0.852. The number of nitrogens with two attached hydrogens (primary N) is 1. The number of nitrogens with zero attached hydrogens (tertiary/aromatic N) is 1. The number of amides is 2. The van der Waals surface area contributed by atoms with Gasteiger partial charge in [-0.3, -0.25) is 9.59 Å². The lowest BCUT2D eigenvalue weighted by molar-refractivity contribution is -0.147. The summed E-state index contributed by atoms with van der Waals surface area (Å²) in [5, 5.41) is 0. The molecular weight excluding hydrogens is 180 g/mol. The van der Waals surface area contributed by atoms with Gasteiger partial charge in [-0.25, -0.2) is 0 Å². The summed E-state index contributed by atoms with van der Waals surface area (Å²) in [4.78, 5) is 23.6. The van der Waals surface area contributed by atoms with E-state index >= 15 is 0 Å². The second-order valence-corrected chi connectivity index (χ2v) is 4.77. The van der Waals surface area contributed by atoms with Crippen molar-refractivity contribution >= 4 is 11.8 Å². The Balaban J connectivity index is 2.69. The molecule has 80 valence electrons. The normalized spacial score (nSPS) is 25.9. The number of likely N-dealkylation sites (tertiary alicyclic amines) is 1. The van der Waals surface area contributed by atoms with E-state index in [0.29, 0.717) is 19.0 Å². The summed E-state index contributed by atoms with van der Waals surface area (Å²) >= 11 is 0. The zero-order chi connectivity index (χ0) is 10.9. The summed E-state index contributed by atoms with van der Waals surface area (Å²) in [5.74, 6) is -0.834. The third kappa shape index (κ3) is 2.05. The third-order valence-electron chi connectivity index (χ3n) is 3.26. The highest BCUT2D eigenvalue weighted by Gasteiger charge is 2.35. The highest BCUT2D eigenvalue weighted by atomic mass is 16.2. The number of carbonyl (C=O) groups excluding carboxylic acids is 2. The van der Waals surface area contributed by atoms with Gasteiger partial charge in [-0.05, 0) is 17.8 Å². The Morgan fingerprint density at radius 2 is 2.00 bits per heavy atom. The van der Waals surface area contributed by atoms with Crippen LogP contribution < -0.4 is 5.73 Å². The standard InChI is InChI=1S/C10H18N2O2/c1-7-4-5-12(6-10(7,2)3)9(14)8(11)13/h7H,4-6H2,1-3H3,(H2,11,13). The first-order valence-corrected chi connectivity index (χ1v) is 4.93. The molecule has 1 fully saturated rings. The monoisotopic (exact) mass is 198 g/mol. The van der Waals surface area contributed by atoms with Gasteiger partial charge in [-0.1, -0.05) is 20.8 Å². The second kappa shape index (κ2) is 3.59. The van der Waals surface area contributed by atoms with Crippen molar-refractivity contribution in [2.75, 3.05) is 13.1 Å². The van der Waals surface area contributed by atoms with Crippen LogP contribution in [-0.4, -0.2) is 29.8 Å². The number of primary amides is 1. The Bertz CT molecular complexity index is 261. The van der Waals surface area contributed by atoms with Crippen LogP contribution in [0.3, 0.4) is 0 Å². The molecule has 0 radical (unpaired) electrons. The molecule has 0 aromatic carbocycles. The molecule has 0 spiro atoms. The summed E-state index contributed by atoms with van der Waals surface area (Å²) < 4.78 is 0. The summed E-state index contributed by atoms with van der Waals surface area (Å²) in [5.41, 5.74) is 5.03. The fourth-order valence-corrected chi connectivity index (χ4v) is 1.80. The molecule has 1 atom stereocenters. The smallest absolute Gasteiger partial charge is 0.311 e. The van der Waals surface area contributed by atoms with Gasteiger partial charge in [-0.15, -0.1) is 0 Å². The lowest BCUT2D eigenvalue weighted by Crippen LogP contribution is -2.50. The fourth-order valence-electron chi connectivity index (χ4n) is 1.80. The molecule has 1 heterocycles. The topological polar surface area (TPSA) is 63.4 Å². The van der Waals surface area contributed by atoms with Gasteiger partial charge in [0.05, 0.1) is 0 Å². The number of piperidine rings is 1. The van der Waals surface area contributed by atoms with Crippen molar-refractivity contribution in [3.05, 3.63) is 0 Å². The van der Waals surface area contributed by atoms with Gasteiger partial charge < -0.3 is 10.6 Å². The highest BCUT2D eigenvalue weighted by molar-refractivity contribution is 6.34. The Morgan fingerprint density at radius 3 is 2.43 bits per heavy atom. The second-order valence-electron chi connectivity index (χ2n) is 4.77. The van der Waals surface area contributed by atoms with Crippen molar-refractivity contribution in [2.24, 2.45) is 17.1 Å². The summed E-state index contributed by atoms with van der Waals surface area (Å²) in [7, 11) is 0. The summed E-state index contributed by atoms with van der Waals surface area (Å²) in [6.07, 6.45) is 0.937. The van der Waals surface area contributed by atoms with E-state index in [9.17, 15) is 9.59 Å². The van der Waals surface area contributed by atoms with Crippen LogP contribution in [0.15, 0.2) is 0 Å². The van der Waals surface area contributed by atoms with Crippen LogP contribution in [0, 0.1) is 11.3 Å². The summed E-state index contributed by atoms with van der Waals surface area (Å²) in [6, 6.07) is 0. The molecule has 1 aliphatic heterocycles. The van der Waals surface area contributed by atoms with Gasteiger partial charge in [0.25, 0.3) is 0 Å². The van der Waals surface area contributed by atoms with Gasteiger partial charge >= 0.3 is 11.8 Å². The molecule has 1 unspecified atom stereocenters. The molecule has 0 saturated carbocycles. The molecule has 0 bridgehead atoms. The van der Waals surface area contributed by atoms with Crippen LogP contribution in [-0.2, 0) is 9.59 Å². The first-order chi connectivity index (χ1) is 6.34. The van der Waals surface area contributed by atoms with E-state index in [4.69, 9.17) is 5.73 Å². The van der Waals surface area contributed by atoms with E-state index in [1.807, 2.05) is 0 Å². The van der Waals surface area contributed by atoms with Crippen LogP contribution in [0.1, 0.15) is 27.2 Å².